The minimum Gasteiger partial charge on any atom is -0.508 e. The fourth-order valence-electron chi connectivity index (χ4n) is 2.69. The highest BCUT2D eigenvalue weighted by Crippen LogP contribution is 2.35. The van der Waals surface area contributed by atoms with Crippen LogP contribution in [0.3, 0.4) is 0 Å². The standard InChI is InChI=1S/C18H17NO6S/c1-3-5-12-14(20)8-7-13-15(21)18(25-26(2,22)23)16(24-17(12)13)11-6-4-9-19-10-11/h4,6-10,20H,3,5H2,1-2H3. The van der Waals surface area contributed by atoms with E-state index < -0.39 is 21.3 Å². The molecule has 1 N–H and O–H groups in total. The molecule has 0 fully saturated rings. The smallest absolute Gasteiger partial charge is 0.306 e. The Labute approximate surface area is 150 Å². The van der Waals surface area contributed by atoms with E-state index in [9.17, 15) is 18.3 Å². The van der Waals surface area contributed by atoms with Gasteiger partial charge in [0.05, 0.1) is 11.6 Å². The molecule has 0 saturated heterocycles. The molecule has 2 aromatic heterocycles. The molecular formula is C18H17NO6S. The molecule has 0 saturated carbocycles. The molecule has 0 amide bonds. The zero-order chi connectivity index (χ0) is 18.9. The van der Waals surface area contributed by atoms with Gasteiger partial charge in [0.15, 0.2) is 5.76 Å². The molecule has 0 aliphatic rings. The van der Waals surface area contributed by atoms with Gasteiger partial charge in [0.1, 0.15) is 11.3 Å². The van der Waals surface area contributed by atoms with Crippen molar-refractivity contribution in [3.05, 3.63) is 52.4 Å². The van der Waals surface area contributed by atoms with Crippen molar-refractivity contribution in [3.8, 4) is 22.8 Å². The summed E-state index contributed by atoms with van der Waals surface area (Å²) in [5.41, 5.74) is 0.443. The van der Waals surface area contributed by atoms with Gasteiger partial charge in [-0.3, -0.25) is 9.78 Å². The molecule has 26 heavy (non-hydrogen) atoms. The molecule has 8 heteroatoms. The average Bonchev–Trinajstić information content (AvgIpc) is 2.59. The van der Waals surface area contributed by atoms with Crippen molar-refractivity contribution in [3.63, 3.8) is 0 Å². The largest absolute Gasteiger partial charge is 0.508 e. The highest BCUT2D eigenvalue weighted by molar-refractivity contribution is 7.86. The maximum absolute atomic E-state index is 12.9. The Kier molecular flexibility index (Phi) is 4.69. The zero-order valence-corrected chi connectivity index (χ0v) is 15.0. The maximum atomic E-state index is 12.9. The van der Waals surface area contributed by atoms with E-state index in [1.54, 1.807) is 12.1 Å². The molecule has 136 valence electrons. The van der Waals surface area contributed by atoms with Gasteiger partial charge in [-0.1, -0.05) is 13.3 Å². The van der Waals surface area contributed by atoms with Gasteiger partial charge in [0.25, 0.3) is 0 Å². The highest BCUT2D eigenvalue weighted by Gasteiger charge is 2.23. The summed E-state index contributed by atoms with van der Waals surface area (Å²) in [6.07, 6.45) is 5.03. The first-order valence-electron chi connectivity index (χ1n) is 7.93. The highest BCUT2D eigenvalue weighted by atomic mass is 32.2. The van der Waals surface area contributed by atoms with E-state index in [-0.39, 0.29) is 22.5 Å². The Morgan fingerprint density at radius 1 is 1.27 bits per heavy atom. The fourth-order valence-corrected chi connectivity index (χ4v) is 3.15. The van der Waals surface area contributed by atoms with Crippen LogP contribution in [0.4, 0.5) is 0 Å². The summed E-state index contributed by atoms with van der Waals surface area (Å²) in [5, 5.41) is 10.3. The lowest BCUT2D eigenvalue weighted by Gasteiger charge is -2.12. The number of hydrogen-bond donors (Lipinski definition) is 1. The third-order valence-corrected chi connectivity index (χ3v) is 4.22. The Morgan fingerprint density at radius 3 is 2.65 bits per heavy atom. The molecule has 0 spiro atoms. The molecule has 2 heterocycles. The van der Waals surface area contributed by atoms with Gasteiger partial charge in [-0.2, -0.15) is 8.42 Å². The third kappa shape index (κ3) is 3.41. The van der Waals surface area contributed by atoms with Crippen LogP contribution < -0.4 is 9.61 Å². The summed E-state index contributed by atoms with van der Waals surface area (Å²) in [6.45, 7) is 1.93. The second kappa shape index (κ2) is 6.80. The van der Waals surface area contributed by atoms with Crippen LogP contribution in [0.1, 0.15) is 18.9 Å². The topological polar surface area (TPSA) is 107 Å². The van der Waals surface area contributed by atoms with Crippen molar-refractivity contribution in [1.82, 2.24) is 4.98 Å². The average molecular weight is 375 g/mol. The lowest BCUT2D eigenvalue weighted by atomic mass is 10.0. The molecule has 0 aliphatic heterocycles. The summed E-state index contributed by atoms with van der Waals surface area (Å²) < 4.78 is 34.1. The number of fused-ring (bicyclic) bond motifs is 1. The van der Waals surface area contributed by atoms with Gasteiger partial charge in [-0.25, -0.2) is 0 Å². The number of rotatable bonds is 5. The molecule has 0 atom stereocenters. The third-order valence-electron chi connectivity index (χ3n) is 3.76. The number of phenolic OH excluding ortho intramolecular Hbond substituents is 1. The first-order valence-corrected chi connectivity index (χ1v) is 9.75. The molecule has 0 radical (unpaired) electrons. The number of aromatic nitrogens is 1. The van der Waals surface area contributed by atoms with Gasteiger partial charge < -0.3 is 13.7 Å². The van der Waals surface area contributed by atoms with Gasteiger partial charge in [0.2, 0.25) is 11.2 Å². The summed E-state index contributed by atoms with van der Waals surface area (Å²) >= 11 is 0. The second-order valence-corrected chi connectivity index (χ2v) is 7.38. The molecule has 3 rings (SSSR count). The normalized spacial score (nSPS) is 11.6. The van der Waals surface area contributed by atoms with Gasteiger partial charge >= 0.3 is 10.1 Å². The van der Waals surface area contributed by atoms with Crippen LogP contribution in [-0.2, 0) is 16.5 Å². The number of aromatic hydroxyl groups is 1. The summed E-state index contributed by atoms with van der Waals surface area (Å²) in [6, 6.07) is 6.02. The Hall–Kier alpha value is -2.87. The Balaban J connectivity index is 2.43. The molecule has 0 bridgehead atoms. The van der Waals surface area contributed by atoms with E-state index in [1.165, 1.54) is 24.5 Å². The maximum Gasteiger partial charge on any atom is 0.306 e. The van der Waals surface area contributed by atoms with Crippen LogP contribution in [0.15, 0.2) is 45.9 Å². The summed E-state index contributed by atoms with van der Waals surface area (Å²) in [7, 11) is -3.96. The lowest BCUT2D eigenvalue weighted by molar-refractivity contribution is 0.462. The minimum absolute atomic E-state index is 0.0106. The van der Waals surface area contributed by atoms with Crippen molar-refractivity contribution in [1.29, 1.82) is 0 Å². The summed E-state index contributed by atoms with van der Waals surface area (Å²) in [5.74, 6) is -0.471. The molecular weight excluding hydrogens is 358 g/mol. The van der Waals surface area contributed by atoms with Crippen molar-refractivity contribution >= 4 is 21.1 Å². The Morgan fingerprint density at radius 2 is 2.04 bits per heavy atom. The molecule has 0 aliphatic carbocycles. The first-order chi connectivity index (χ1) is 12.3. The summed E-state index contributed by atoms with van der Waals surface area (Å²) in [4.78, 5) is 16.9. The molecule has 1 aromatic carbocycles. The van der Waals surface area contributed by atoms with Crippen LogP contribution in [0.2, 0.25) is 0 Å². The van der Waals surface area contributed by atoms with Gasteiger partial charge in [0, 0.05) is 23.5 Å². The number of aryl methyl sites for hydroxylation is 1. The van der Waals surface area contributed by atoms with E-state index in [4.69, 9.17) is 8.60 Å². The van der Waals surface area contributed by atoms with Gasteiger partial charge in [-0.15, -0.1) is 0 Å². The van der Waals surface area contributed by atoms with Crippen molar-refractivity contribution in [2.24, 2.45) is 0 Å². The van der Waals surface area contributed by atoms with Crippen LogP contribution in [0.5, 0.6) is 11.5 Å². The molecule has 7 nitrogen and oxygen atoms in total. The van der Waals surface area contributed by atoms with Crippen molar-refractivity contribution < 1.29 is 22.1 Å². The number of nitrogens with zero attached hydrogens (tertiary/aromatic N) is 1. The van der Waals surface area contributed by atoms with Crippen LogP contribution in [0, 0.1) is 0 Å². The van der Waals surface area contributed by atoms with Crippen LogP contribution >= 0.6 is 0 Å². The van der Waals surface area contributed by atoms with E-state index in [1.807, 2.05) is 6.92 Å². The zero-order valence-electron chi connectivity index (χ0n) is 14.2. The minimum atomic E-state index is -3.96. The van der Waals surface area contributed by atoms with E-state index in [0.717, 1.165) is 12.7 Å². The SMILES string of the molecule is CCCc1c(O)ccc2c(=O)c(OS(C)(=O)=O)c(-c3cccnc3)oc12. The predicted octanol–water partition coefficient (Wildman–Crippen LogP) is 2.85. The molecule has 3 aromatic rings. The Bertz CT molecular complexity index is 1120. The van der Waals surface area contributed by atoms with Crippen molar-refractivity contribution in [2.75, 3.05) is 6.26 Å². The first kappa shape index (κ1) is 17.9. The predicted molar refractivity (Wildman–Crippen MR) is 96.8 cm³/mol. The lowest BCUT2D eigenvalue weighted by Crippen LogP contribution is -2.15. The monoisotopic (exact) mass is 375 g/mol. The van der Waals surface area contributed by atoms with Crippen LogP contribution in [0.25, 0.3) is 22.3 Å². The number of phenols is 1. The molecule has 0 unspecified atom stereocenters. The second-order valence-electron chi connectivity index (χ2n) is 5.81. The van der Waals surface area contributed by atoms with Crippen molar-refractivity contribution in [2.45, 2.75) is 19.8 Å². The fraction of sp³-hybridized carbons (Fsp3) is 0.222. The number of hydrogen-bond acceptors (Lipinski definition) is 7. The van der Waals surface area contributed by atoms with Crippen LogP contribution in [-0.4, -0.2) is 24.8 Å². The van der Waals surface area contributed by atoms with Gasteiger partial charge in [-0.05, 0) is 30.7 Å². The van der Waals surface area contributed by atoms with E-state index >= 15 is 0 Å². The van der Waals surface area contributed by atoms with E-state index in [0.29, 0.717) is 17.5 Å². The number of benzene rings is 1. The quantitative estimate of drug-likeness (QED) is 0.683. The number of pyridine rings is 1. The van der Waals surface area contributed by atoms with E-state index in [2.05, 4.69) is 4.98 Å².